The molecular formula is C14H28N4O. The number of nitrogens with zero attached hydrogens (tertiary/aromatic N) is 2. The number of hydrogen-bond donors (Lipinski definition) is 2. The Kier molecular flexibility index (Phi) is 9.80. The first-order chi connectivity index (χ1) is 9.29. The topological polar surface area (TPSA) is 61.0 Å². The fraction of sp³-hybridized carbons (Fsp3) is 0.714. The van der Waals surface area contributed by atoms with Crippen LogP contribution in [0, 0.1) is 0 Å². The van der Waals surface area contributed by atoms with E-state index >= 15 is 0 Å². The minimum Gasteiger partial charge on any atom is -0.372 e. The molecule has 1 aliphatic heterocycles. The zero-order valence-corrected chi connectivity index (χ0v) is 12.9. The molecule has 2 heterocycles. The average molecular weight is 268 g/mol. The molecule has 2 N–H and O–H groups in total. The molecule has 0 spiro atoms. The van der Waals surface area contributed by atoms with E-state index in [1.807, 2.05) is 27.7 Å². The van der Waals surface area contributed by atoms with Crippen LogP contribution in [0.25, 0.3) is 0 Å². The highest BCUT2D eigenvalue weighted by Gasteiger charge is 2.17. The van der Waals surface area contributed by atoms with Crippen LogP contribution in [0.15, 0.2) is 6.07 Å². The second-order valence-corrected chi connectivity index (χ2v) is 3.82. The Morgan fingerprint density at radius 1 is 1.32 bits per heavy atom. The van der Waals surface area contributed by atoms with Crippen LogP contribution in [0.4, 0.5) is 5.82 Å². The van der Waals surface area contributed by atoms with Crippen molar-refractivity contribution in [1.29, 1.82) is 0 Å². The molecule has 1 fully saturated rings. The van der Waals surface area contributed by atoms with Crippen molar-refractivity contribution in [3.05, 3.63) is 11.8 Å². The number of carbonyl (C=O) groups excluding carboxylic acids is 1. The maximum absolute atomic E-state index is 11.8. The summed E-state index contributed by atoms with van der Waals surface area (Å²) in [6.45, 7) is 10.6. The molecule has 0 atom stereocenters. The molecule has 0 radical (unpaired) electrons. The number of rotatable bonds is 4. The highest BCUT2D eigenvalue weighted by molar-refractivity contribution is 5.96. The van der Waals surface area contributed by atoms with E-state index in [4.69, 9.17) is 0 Å². The van der Waals surface area contributed by atoms with Crippen LogP contribution >= 0.6 is 0 Å². The Hall–Kier alpha value is -1.36. The molecule has 1 aliphatic rings. The summed E-state index contributed by atoms with van der Waals surface area (Å²) in [5.74, 6) is 0.825. The Morgan fingerprint density at radius 2 is 1.89 bits per heavy atom. The fourth-order valence-corrected chi connectivity index (χ4v) is 1.82. The molecule has 1 saturated heterocycles. The number of nitrogens with one attached hydrogen (secondary N) is 2. The largest absolute Gasteiger partial charge is 0.372 e. The highest BCUT2D eigenvalue weighted by atomic mass is 16.1. The van der Waals surface area contributed by atoms with Crippen molar-refractivity contribution in [3.63, 3.8) is 0 Å². The number of aromatic nitrogens is 2. The third-order valence-corrected chi connectivity index (χ3v) is 2.70. The van der Waals surface area contributed by atoms with Crippen molar-refractivity contribution < 1.29 is 4.79 Å². The number of carbonyl (C=O) groups is 1. The Bertz CT molecular complexity index is 343. The zero-order chi connectivity index (χ0) is 14.7. The van der Waals surface area contributed by atoms with Crippen LogP contribution in [0.3, 0.4) is 0 Å². The number of hydrogen-bond acceptors (Lipinski definition) is 4. The van der Waals surface area contributed by atoms with Gasteiger partial charge in [-0.2, -0.15) is 5.10 Å². The standard InChI is InChI=1S/C10H16N4O.2C2H6/c1-11-10-6-8(12-13-10)9(15)7-14-4-2-3-5-14;2*1-2/h6H,2-5,7H2,1H3,(H2,11,12,13);2*1-2H3. The van der Waals surface area contributed by atoms with Crippen molar-refractivity contribution in [2.75, 3.05) is 32.0 Å². The minimum absolute atomic E-state index is 0.117. The first kappa shape index (κ1) is 17.6. The molecule has 19 heavy (non-hydrogen) atoms. The number of anilines is 1. The summed E-state index contributed by atoms with van der Waals surface area (Å²) in [7, 11) is 1.78. The van der Waals surface area contributed by atoms with Gasteiger partial charge in [-0.25, -0.2) is 0 Å². The second kappa shape index (κ2) is 10.6. The number of Topliss-reactive ketones (excluding diaryl/α,β-unsaturated/α-hetero) is 1. The Morgan fingerprint density at radius 3 is 2.37 bits per heavy atom. The van der Waals surface area contributed by atoms with Gasteiger partial charge in [-0.3, -0.25) is 14.8 Å². The molecule has 1 aromatic heterocycles. The molecule has 0 unspecified atom stereocenters. The van der Waals surface area contributed by atoms with E-state index in [0.717, 1.165) is 13.1 Å². The van der Waals surface area contributed by atoms with Crippen molar-refractivity contribution in [3.8, 4) is 0 Å². The van der Waals surface area contributed by atoms with Gasteiger partial charge in [-0.15, -0.1) is 0 Å². The summed E-state index contributed by atoms with van der Waals surface area (Å²) in [6, 6.07) is 1.75. The van der Waals surface area contributed by atoms with Crippen molar-refractivity contribution in [2.24, 2.45) is 0 Å². The summed E-state index contributed by atoms with van der Waals surface area (Å²) in [5.41, 5.74) is 0.589. The van der Waals surface area contributed by atoms with Crippen LogP contribution in [0.1, 0.15) is 51.0 Å². The lowest BCUT2D eigenvalue weighted by Crippen LogP contribution is -2.27. The highest BCUT2D eigenvalue weighted by Crippen LogP contribution is 2.10. The normalized spacial score (nSPS) is 13.9. The number of aromatic amines is 1. The molecule has 0 aromatic carbocycles. The lowest BCUT2D eigenvalue weighted by atomic mass is 10.2. The molecule has 5 heteroatoms. The summed E-state index contributed by atoms with van der Waals surface area (Å²) in [4.78, 5) is 14.0. The Balaban J connectivity index is 0.000000741. The van der Waals surface area contributed by atoms with E-state index in [2.05, 4.69) is 20.4 Å². The predicted octanol–water partition coefficient (Wildman–Crippen LogP) is 2.78. The zero-order valence-electron chi connectivity index (χ0n) is 12.9. The van der Waals surface area contributed by atoms with Crippen LogP contribution in [0.5, 0.6) is 0 Å². The second-order valence-electron chi connectivity index (χ2n) is 3.82. The van der Waals surface area contributed by atoms with Crippen LogP contribution in [-0.4, -0.2) is 47.6 Å². The SMILES string of the molecule is CC.CC.CNc1cc(C(=O)CN2CCCC2)[nH]n1. The molecule has 0 amide bonds. The maximum atomic E-state index is 11.8. The smallest absolute Gasteiger partial charge is 0.194 e. The van der Waals surface area contributed by atoms with Crippen LogP contribution in [-0.2, 0) is 0 Å². The van der Waals surface area contributed by atoms with Crippen molar-refractivity contribution in [2.45, 2.75) is 40.5 Å². The molecule has 0 bridgehead atoms. The number of ketones is 1. The van der Waals surface area contributed by atoms with E-state index in [0.29, 0.717) is 18.1 Å². The van der Waals surface area contributed by atoms with E-state index < -0.39 is 0 Å². The summed E-state index contributed by atoms with van der Waals surface area (Å²) in [5, 5.41) is 9.58. The van der Waals surface area contributed by atoms with E-state index in [1.54, 1.807) is 13.1 Å². The summed E-state index contributed by atoms with van der Waals surface area (Å²) < 4.78 is 0. The van der Waals surface area contributed by atoms with Crippen LogP contribution in [0.2, 0.25) is 0 Å². The maximum Gasteiger partial charge on any atom is 0.194 e. The third kappa shape index (κ3) is 5.87. The number of likely N-dealkylation sites (tertiary alicyclic amines) is 1. The minimum atomic E-state index is 0.117. The lowest BCUT2D eigenvalue weighted by molar-refractivity contribution is 0.0940. The first-order valence-corrected chi connectivity index (χ1v) is 7.28. The molecular weight excluding hydrogens is 240 g/mol. The van der Waals surface area contributed by atoms with E-state index in [9.17, 15) is 4.79 Å². The van der Waals surface area contributed by atoms with E-state index in [1.165, 1.54) is 12.8 Å². The van der Waals surface area contributed by atoms with Gasteiger partial charge in [-0.1, -0.05) is 27.7 Å². The van der Waals surface area contributed by atoms with Crippen molar-refractivity contribution in [1.82, 2.24) is 15.1 Å². The summed E-state index contributed by atoms with van der Waals surface area (Å²) >= 11 is 0. The van der Waals surface area contributed by atoms with E-state index in [-0.39, 0.29) is 5.78 Å². The third-order valence-electron chi connectivity index (χ3n) is 2.70. The quantitative estimate of drug-likeness (QED) is 0.824. The lowest BCUT2D eigenvalue weighted by Gasteiger charge is -2.11. The van der Waals surface area contributed by atoms with Gasteiger partial charge >= 0.3 is 0 Å². The Labute approximate surface area is 116 Å². The van der Waals surface area contributed by atoms with Gasteiger partial charge in [-0.05, 0) is 25.9 Å². The van der Waals surface area contributed by atoms with Gasteiger partial charge in [0.2, 0.25) is 0 Å². The molecule has 5 nitrogen and oxygen atoms in total. The van der Waals surface area contributed by atoms with Crippen molar-refractivity contribution >= 4 is 11.6 Å². The first-order valence-electron chi connectivity index (χ1n) is 7.28. The average Bonchev–Trinajstić information content (AvgIpc) is 3.14. The summed E-state index contributed by atoms with van der Waals surface area (Å²) in [6.07, 6.45) is 2.41. The van der Waals surface area contributed by atoms with Gasteiger partial charge in [0.15, 0.2) is 5.78 Å². The molecule has 0 saturated carbocycles. The van der Waals surface area contributed by atoms with Gasteiger partial charge < -0.3 is 5.32 Å². The van der Waals surface area contributed by atoms with Gasteiger partial charge in [0, 0.05) is 13.1 Å². The van der Waals surface area contributed by atoms with Gasteiger partial charge in [0.1, 0.15) is 11.5 Å². The molecule has 2 rings (SSSR count). The molecule has 110 valence electrons. The van der Waals surface area contributed by atoms with Gasteiger partial charge in [0.05, 0.1) is 6.54 Å². The van der Waals surface area contributed by atoms with Gasteiger partial charge in [0.25, 0.3) is 0 Å². The predicted molar refractivity (Wildman–Crippen MR) is 80.8 cm³/mol. The fourth-order valence-electron chi connectivity index (χ4n) is 1.82. The number of H-pyrrole nitrogens is 1. The molecule has 0 aliphatic carbocycles. The monoisotopic (exact) mass is 268 g/mol. The van der Waals surface area contributed by atoms with Crippen LogP contribution < -0.4 is 5.32 Å². The molecule has 1 aromatic rings.